The first kappa shape index (κ1) is 15.7. The molecule has 2 aromatic rings. The summed E-state index contributed by atoms with van der Waals surface area (Å²) in [6, 6.07) is 3.94. The van der Waals surface area contributed by atoms with Gasteiger partial charge in [-0.05, 0) is 44.7 Å². The first-order valence-corrected chi connectivity index (χ1v) is 9.25. The molecular formula is C16H19ClN6S. The van der Waals surface area contributed by atoms with E-state index in [-0.39, 0.29) is 5.96 Å². The van der Waals surface area contributed by atoms with Crippen molar-refractivity contribution in [1.82, 2.24) is 4.98 Å². The van der Waals surface area contributed by atoms with Gasteiger partial charge in [0.2, 0.25) is 11.9 Å². The Morgan fingerprint density at radius 2 is 1.96 bits per heavy atom. The molecule has 0 atom stereocenters. The first-order valence-electron chi connectivity index (χ1n) is 8.05. The number of halogens is 1. The van der Waals surface area contributed by atoms with Crippen LogP contribution in [0.2, 0.25) is 5.02 Å². The summed E-state index contributed by atoms with van der Waals surface area (Å²) in [5.74, 6) is 0.600. The third-order valence-electron chi connectivity index (χ3n) is 4.68. The maximum absolute atomic E-state index is 6.73. The Morgan fingerprint density at radius 3 is 2.71 bits per heavy atom. The molecule has 2 heterocycles. The third-order valence-corrected chi connectivity index (χ3v) is 6.17. The molecule has 24 heavy (non-hydrogen) atoms. The minimum Gasteiger partial charge on any atom is -0.369 e. The highest BCUT2D eigenvalue weighted by atomic mass is 35.5. The molecule has 0 saturated heterocycles. The lowest BCUT2D eigenvalue weighted by Gasteiger charge is -2.45. The molecule has 1 aliphatic heterocycles. The van der Waals surface area contributed by atoms with E-state index in [9.17, 15) is 0 Å². The van der Waals surface area contributed by atoms with Crippen molar-refractivity contribution in [2.24, 2.45) is 21.5 Å². The second-order valence-electron chi connectivity index (χ2n) is 6.30. The van der Waals surface area contributed by atoms with Gasteiger partial charge in [0.05, 0.1) is 25.9 Å². The summed E-state index contributed by atoms with van der Waals surface area (Å²) in [6.45, 7) is 1.98. The van der Waals surface area contributed by atoms with E-state index in [0.717, 1.165) is 46.6 Å². The van der Waals surface area contributed by atoms with Gasteiger partial charge in [0.15, 0.2) is 0 Å². The van der Waals surface area contributed by atoms with Crippen molar-refractivity contribution in [2.45, 2.75) is 44.7 Å². The SMILES string of the molecule is Cc1nc2ccc(N3C(N)=NC(N)=NC34CCCCC4)c(Cl)c2s1. The number of aryl methyl sites for hydroxylation is 1. The molecule has 0 unspecified atom stereocenters. The van der Waals surface area contributed by atoms with E-state index >= 15 is 0 Å². The minimum absolute atomic E-state index is 0.247. The van der Waals surface area contributed by atoms with Crippen LogP contribution >= 0.6 is 22.9 Å². The van der Waals surface area contributed by atoms with Gasteiger partial charge >= 0.3 is 0 Å². The van der Waals surface area contributed by atoms with Gasteiger partial charge in [-0.3, -0.25) is 4.90 Å². The number of nitrogens with zero attached hydrogens (tertiary/aromatic N) is 4. The predicted octanol–water partition coefficient (Wildman–Crippen LogP) is 3.37. The number of hydrogen-bond donors (Lipinski definition) is 2. The van der Waals surface area contributed by atoms with E-state index in [1.54, 1.807) is 11.3 Å². The molecule has 126 valence electrons. The van der Waals surface area contributed by atoms with Crippen LogP contribution in [0.4, 0.5) is 5.69 Å². The summed E-state index contributed by atoms with van der Waals surface area (Å²) in [7, 11) is 0. The van der Waals surface area contributed by atoms with Crippen molar-refractivity contribution in [1.29, 1.82) is 0 Å². The average molecular weight is 363 g/mol. The van der Waals surface area contributed by atoms with Crippen LogP contribution < -0.4 is 16.4 Å². The van der Waals surface area contributed by atoms with Crippen molar-refractivity contribution < 1.29 is 0 Å². The number of rotatable bonds is 1. The standard InChI is InChI=1S/C16H19ClN6S/c1-9-20-10-5-6-11(12(17)13(10)24-9)23-15(19)21-14(18)22-16(23)7-3-2-4-8-16/h5-6H,2-4,7-8H2,1H3,(H4,18,19,21,22). The summed E-state index contributed by atoms with van der Waals surface area (Å²) < 4.78 is 0.966. The summed E-state index contributed by atoms with van der Waals surface area (Å²) in [4.78, 5) is 15.4. The van der Waals surface area contributed by atoms with Crippen LogP contribution in [0.15, 0.2) is 22.1 Å². The van der Waals surface area contributed by atoms with Crippen LogP contribution in [0.25, 0.3) is 10.2 Å². The van der Waals surface area contributed by atoms with E-state index in [1.807, 2.05) is 24.0 Å². The fourth-order valence-electron chi connectivity index (χ4n) is 3.70. The zero-order valence-electron chi connectivity index (χ0n) is 13.4. The van der Waals surface area contributed by atoms with E-state index in [2.05, 4.69) is 15.0 Å². The smallest absolute Gasteiger partial charge is 0.220 e. The van der Waals surface area contributed by atoms with Crippen molar-refractivity contribution in [2.75, 3.05) is 4.90 Å². The molecule has 0 bridgehead atoms. The van der Waals surface area contributed by atoms with Crippen LogP contribution in [-0.2, 0) is 0 Å². The van der Waals surface area contributed by atoms with E-state index < -0.39 is 5.66 Å². The van der Waals surface area contributed by atoms with E-state index in [0.29, 0.717) is 11.0 Å². The van der Waals surface area contributed by atoms with Gasteiger partial charge in [-0.15, -0.1) is 11.3 Å². The summed E-state index contributed by atoms with van der Waals surface area (Å²) in [5, 5.41) is 1.64. The maximum Gasteiger partial charge on any atom is 0.220 e. The number of aliphatic imine (C=N–C) groups is 2. The Morgan fingerprint density at radius 1 is 1.21 bits per heavy atom. The Balaban J connectivity index is 1.89. The molecule has 1 aliphatic carbocycles. The molecule has 6 nitrogen and oxygen atoms in total. The van der Waals surface area contributed by atoms with Gasteiger partial charge in [0, 0.05) is 0 Å². The molecule has 1 saturated carbocycles. The Hall–Kier alpha value is -1.86. The highest BCUT2D eigenvalue weighted by molar-refractivity contribution is 7.19. The normalized spacial score (nSPS) is 20.3. The van der Waals surface area contributed by atoms with Crippen molar-refractivity contribution in [3.8, 4) is 0 Å². The third kappa shape index (κ3) is 2.34. The molecule has 0 amide bonds. The lowest BCUT2D eigenvalue weighted by molar-refractivity contribution is 0.305. The van der Waals surface area contributed by atoms with Gasteiger partial charge in [0.1, 0.15) is 5.66 Å². The fraction of sp³-hybridized carbons (Fsp3) is 0.438. The Bertz CT molecular complexity index is 865. The van der Waals surface area contributed by atoms with Crippen LogP contribution in [0.3, 0.4) is 0 Å². The van der Waals surface area contributed by atoms with Crippen LogP contribution in [0, 0.1) is 6.92 Å². The fourth-order valence-corrected chi connectivity index (χ4v) is 4.92. The van der Waals surface area contributed by atoms with Gasteiger partial charge < -0.3 is 11.5 Å². The molecule has 8 heteroatoms. The number of benzene rings is 1. The van der Waals surface area contributed by atoms with Crippen molar-refractivity contribution in [3.05, 3.63) is 22.2 Å². The molecule has 1 aromatic carbocycles. The van der Waals surface area contributed by atoms with Gasteiger partial charge in [-0.25, -0.2) is 9.98 Å². The van der Waals surface area contributed by atoms with Crippen LogP contribution in [0.5, 0.6) is 0 Å². The second-order valence-corrected chi connectivity index (χ2v) is 7.88. The predicted molar refractivity (Wildman–Crippen MR) is 101 cm³/mol. The topological polar surface area (TPSA) is 92.9 Å². The highest BCUT2D eigenvalue weighted by Crippen LogP contribution is 2.44. The molecule has 1 aromatic heterocycles. The molecule has 4 N–H and O–H groups in total. The highest BCUT2D eigenvalue weighted by Gasteiger charge is 2.43. The summed E-state index contributed by atoms with van der Waals surface area (Å²) >= 11 is 8.31. The molecule has 1 spiro atoms. The minimum atomic E-state index is -0.481. The molecular weight excluding hydrogens is 344 g/mol. The van der Waals surface area contributed by atoms with E-state index in [1.165, 1.54) is 6.42 Å². The lowest BCUT2D eigenvalue weighted by atomic mass is 9.87. The zero-order chi connectivity index (χ0) is 16.9. The largest absolute Gasteiger partial charge is 0.369 e. The monoisotopic (exact) mass is 362 g/mol. The molecule has 4 rings (SSSR count). The first-order chi connectivity index (χ1) is 11.5. The van der Waals surface area contributed by atoms with Crippen LogP contribution in [-0.4, -0.2) is 22.6 Å². The number of thiazole rings is 1. The molecule has 1 fully saturated rings. The summed E-state index contributed by atoms with van der Waals surface area (Å²) in [5.41, 5.74) is 13.4. The van der Waals surface area contributed by atoms with Crippen LogP contribution in [0.1, 0.15) is 37.1 Å². The summed E-state index contributed by atoms with van der Waals surface area (Å²) in [6.07, 6.45) is 5.14. The van der Waals surface area contributed by atoms with Crippen molar-refractivity contribution in [3.63, 3.8) is 0 Å². The number of guanidine groups is 2. The van der Waals surface area contributed by atoms with Gasteiger partial charge in [-0.1, -0.05) is 18.0 Å². The Labute approximate surface area is 149 Å². The van der Waals surface area contributed by atoms with Gasteiger partial charge in [-0.2, -0.15) is 4.99 Å². The number of hydrogen-bond acceptors (Lipinski definition) is 7. The number of anilines is 1. The zero-order valence-corrected chi connectivity index (χ0v) is 15.0. The molecule has 0 radical (unpaired) electrons. The lowest BCUT2D eigenvalue weighted by Crippen LogP contribution is -2.58. The number of aromatic nitrogens is 1. The number of nitrogens with two attached hydrogens (primary N) is 2. The van der Waals surface area contributed by atoms with Crippen molar-refractivity contribution >= 4 is 50.8 Å². The van der Waals surface area contributed by atoms with E-state index in [4.69, 9.17) is 23.1 Å². The Kier molecular flexibility index (Phi) is 3.65. The quantitative estimate of drug-likeness (QED) is 0.813. The number of fused-ring (bicyclic) bond motifs is 1. The average Bonchev–Trinajstić information content (AvgIpc) is 2.91. The van der Waals surface area contributed by atoms with Gasteiger partial charge in [0.25, 0.3) is 0 Å². The maximum atomic E-state index is 6.73. The second kappa shape index (κ2) is 5.60. The molecule has 2 aliphatic rings.